The third kappa shape index (κ3) is 4.43. The molecule has 2 atom stereocenters. The molecule has 0 radical (unpaired) electrons. The third-order valence-electron chi connectivity index (χ3n) is 4.40. The summed E-state index contributed by atoms with van der Waals surface area (Å²) in [5.74, 6) is 1.87. The van der Waals surface area contributed by atoms with E-state index >= 15 is 0 Å². The zero-order valence-corrected chi connectivity index (χ0v) is 13.8. The molecule has 21 heavy (non-hydrogen) atoms. The molecule has 1 aromatic heterocycles. The van der Waals surface area contributed by atoms with Crippen LogP contribution < -0.4 is 10.2 Å². The van der Waals surface area contributed by atoms with Crippen LogP contribution in [0.5, 0.6) is 0 Å². The number of aromatic nitrogens is 2. The van der Waals surface area contributed by atoms with E-state index in [4.69, 9.17) is 4.52 Å². The van der Waals surface area contributed by atoms with Gasteiger partial charge in [0.15, 0.2) is 0 Å². The van der Waals surface area contributed by atoms with E-state index in [0.29, 0.717) is 12.0 Å². The molecule has 120 valence electrons. The quantitative estimate of drug-likeness (QED) is 0.836. The zero-order chi connectivity index (χ0) is 15.1. The second-order valence-corrected chi connectivity index (χ2v) is 6.09. The molecule has 0 bridgehead atoms. The predicted octanol–water partition coefficient (Wildman–Crippen LogP) is 3.33. The van der Waals surface area contributed by atoms with Gasteiger partial charge in [0.2, 0.25) is 5.89 Å². The highest BCUT2D eigenvalue weighted by Crippen LogP contribution is 2.24. The van der Waals surface area contributed by atoms with Crippen LogP contribution in [0.4, 0.5) is 5.95 Å². The van der Waals surface area contributed by atoms with Gasteiger partial charge in [-0.2, -0.15) is 4.98 Å². The van der Waals surface area contributed by atoms with Gasteiger partial charge >= 0.3 is 0 Å². The van der Waals surface area contributed by atoms with Crippen molar-refractivity contribution in [2.24, 2.45) is 0 Å². The molecule has 2 unspecified atom stereocenters. The smallest absolute Gasteiger partial charge is 0.266 e. The molecule has 0 aliphatic carbocycles. The molecule has 1 N–H and O–H groups in total. The Hall–Kier alpha value is -1.10. The average molecular weight is 294 g/mol. The van der Waals surface area contributed by atoms with Crippen LogP contribution in [0.1, 0.15) is 71.1 Å². The average Bonchev–Trinajstić information content (AvgIpc) is 2.81. The molecule has 5 nitrogen and oxygen atoms in total. The van der Waals surface area contributed by atoms with Crippen LogP contribution in [0.2, 0.25) is 0 Å². The van der Waals surface area contributed by atoms with Crippen LogP contribution in [0.3, 0.4) is 0 Å². The van der Waals surface area contributed by atoms with E-state index in [1.165, 1.54) is 25.7 Å². The zero-order valence-electron chi connectivity index (χ0n) is 13.8. The van der Waals surface area contributed by atoms with Gasteiger partial charge in [0.25, 0.3) is 5.95 Å². The summed E-state index contributed by atoms with van der Waals surface area (Å²) in [5.41, 5.74) is 0. The molecule has 0 saturated carbocycles. The lowest BCUT2D eigenvalue weighted by atomic mass is 9.98. The SMILES string of the molecule is CCCNC(C)C(CC)c1nc(N2CCCCCC2)no1. The van der Waals surface area contributed by atoms with Gasteiger partial charge in [-0.15, -0.1) is 0 Å². The fraction of sp³-hybridized carbons (Fsp3) is 0.875. The van der Waals surface area contributed by atoms with E-state index in [9.17, 15) is 0 Å². The predicted molar refractivity (Wildman–Crippen MR) is 85.8 cm³/mol. The molecule has 1 saturated heterocycles. The summed E-state index contributed by atoms with van der Waals surface area (Å²) in [4.78, 5) is 6.96. The van der Waals surface area contributed by atoms with Crippen LogP contribution in [-0.2, 0) is 0 Å². The minimum Gasteiger partial charge on any atom is -0.338 e. The van der Waals surface area contributed by atoms with Gasteiger partial charge in [0.05, 0.1) is 5.92 Å². The molecular formula is C16H30N4O. The van der Waals surface area contributed by atoms with Crippen LogP contribution in [-0.4, -0.2) is 35.8 Å². The topological polar surface area (TPSA) is 54.2 Å². The molecule has 2 rings (SSSR count). The van der Waals surface area contributed by atoms with E-state index in [-0.39, 0.29) is 0 Å². The van der Waals surface area contributed by atoms with Gasteiger partial charge in [-0.25, -0.2) is 0 Å². The first-order valence-corrected chi connectivity index (χ1v) is 8.58. The van der Waals surface area contributed by atoms with Crippen molar-refractivity contribution in [3.8, 4) is 0 Å². The fourth-order valence-corrected chi connectivity index (χ4v) is 3.03. The van der Waals surface area contributed by atoms with Crippen molar-refractivity contribution in [1.29, 1.82) is 0 Å². The van der Waals surface area contributed by atoms with E-state index in [2.05, 4.69) is 41.1 Å². The van der Waals surface area contributed by atoms with Gasteiger partial charge in [-0.3, -0.25) is 0 Å². The van der Waals surface area contributed by atoms with Crippen molar-refractivity contribution in [2.45, 2.75) is 71.3 Å². The number of rotatable bonds is 7. The molecule has 0 aromatic carbocycles. The van der Waals surface area contributed by atoms with E-state index < -0.39 is 0 Å². The third-order valence-corrected chi connectivity index (χ3v) is 4.40. The first-order chi connectivity index (χ1) is 10.3. The van der Waals surface area contributed by atoms with Gasteiger partial charge < -0.3 is 14.7 Å². The van der Waals surface area contributed by atoms with Crippen molar-refractivity contribution in [2.75, 3.05) is 24.5 Å². The Labute approximate surface area is 128 Å². The standard InChI is InChI=1S/C16H30N4O/c1-4-10-17-13(3)14(5-2)15-18-16(19-21-15)20-11-8-6-7-9-12-20/h13-14,17H,4-12H2,1-3H3. The molecule has 0 spiro atoms. The summed E-state index contributed by atoms with van der Waals surface area (Å²) in [7, 11) is 0. The Bertz CT molecular complexity index is 399. The second kappa shape index (κ2) is 8.37. The van der Waals surface area contributed by atoms with Gasteiger partial charge in [-0.1, -0.05) is 26.7 Å². The van der Waals surface area contributed by atoms with E-state index in [1.807, 2.05) is 0 Å². The van der Waals surface area contributed by atoms with Gasteiger partial charge in [-0.05, 0) is 44.3 Å². The minimum atomic E-state index is 0.296. The normalized spacial score (nSPS) is 19.3. The number of anilines is 1. The summed E-state index contributed by atoms with van der Waals surface area (Å²) in [6.45, 7) is 9.72. The molecule has 1 aromatic rings. The molecule has 1 aliphatic heterocycles. The van der Waals surface area contributed by atoms with Crippen LogP contribution in [0, 0.1) is 0 Å². The van der Waals surface area contributed by atoms with Gasteiger partial charge in [0.1, 0.15) is 0 Å². The molecule has 1 aliphatic rings. The Morgan fingerprint density at radius 3 is 2.52 bits per heavy atom. The Kier molecular flexibility index (Phi) is 6.49. The first-order valence-electron chi connectivity index (χ1n) is 8.58. The Morgan fingerprint density at radius 1 is 1.19 bits per heavy atom. The van der Waals surface area contributed by atoms with Crippen LogP contribution in [0.25, 0.3) is 0 Å². The number of nitrogens with one attached hydrogen (secondary N) is 1. The fourth-order valence-electron chi connectivity index (χ4n) is 3.03. The molecule has 2 heterocycles. The first kappa shape index (κ1) is 16.3. The highest BCUT2D eigenvalue weighted by atomic mass is 16.5. The minimum absolute atomic E-state index is 0.296. The lowest BCUT2D eigenvalue weighted by Crippen LogP contribution is -2.32. The second-order valence-electron chi connectivity index (χ2n) is 6.09. The maximum Gasteiger partial charge on any atom is 0.266 e. The Morgan fingerprint density at radius 2 is 1.90 bits per heavy atom. The summed E-state index contributed by atoms with van der Waals surface area (Å²) < 4.78 is 5.57. The highest BCUT2D eigenvalue weighted by molar-refractivity contribution is 5.28. The van der Waals surface area contributed by atoms with E-state index in [0.717, 1.165) is 44.3 Å². The van der Waals surface area contributed by atoms with Crippen LogP contribution >= 0.6 is 0 Å². The van der Waals surface area contributed by atoms with Crippen molar-refractivity contribution in [3.63, 3.8) is 0 Å². The lowest BCUT2D eigenvalue weighted by Gasteiger charge is -2.20. The highest BCUT2D eigenvalue weighted by Gasteiger charge is 2.25. The summed E-state index contributed by atoms with van der Waals surface area (Å²) in [5, 5.41) is 7.76. The summed E-state index contributed by atoms with van der Waals surface area (Å²) >= 11 is 0. The molecule has 1 fully saturated rings. The Balaban J connectivity index is 2.02. The number of nitrogens with zero attached hydrogens (tertiary/aromatic N) is 3. The molecular weight excluding hydrogens is 264 g/mol. The monoisotopic (exact) mass is 294 g/mol. The molecule has 5 heteroatoms. The van der Waals surface area contributed by atoms with Gasteiger partial charge in [0, 0.05) is 19.1 Å². The lowest BCUT2D eigenvalue weighted by molar-refractivity contribution is 0.316. The number of hydrogen-bond donors (Lipinski definition) is 1. The maximum absolute atomic E-state index is 5.57. The van der Waals surface area contributed by atoms with E-state index in [1.54, 1.807) is 0 Å². The van der Waals surface area contributed by atoms with Crippen molar-refractivity contribution in [1.82, 2.24) is 15.5 Å². The maximum atomic E-state index is 5.57. The summed E-state index contributed by atoms with van der Waals surface area (Å²) in [6.07, 6.45) is 7.25. The van der Waals surface area contributed by atoms with Crippen molar-refractivity contribution in [3.05, 3.63) is 5.89 Å². The summed E-state index contributed by atoms with van der Waals surface area (Å²) in [6, 6.07) is 0.368. The largest absolute Gasteiger partial charge is 0.338 e. The number of hydrogen-bond acceptors (Lipinski definition) is 5. The van der Waals surface area contributed by atoms with Crippen molar-refractivity contribution >= 4 is 5.95 Å². The van der Waals surface area contributed by atoms with Crippen LogP contribution in [0.15, 0.2) is 4.52 Å². The van der Waals surface area contributed by atoms with Crippen molar-refractivity contribution < 1.29 is 4.52 Å². The molecule has 0 amide bonds.